The highest BCUT2D eigenvalue weighted by Crippen LogP contribution is 2.17. The monoisotopic (exact) mass is 848 g/mol. The van der Waals surface area contributed by atoms with Gasteiger partial charge in [0.05, 0.1) is 25.4 Å². The Morgan fingerprint density at radius 3 is 1.18 bits per heavy atom. The molecule has 6 nitrogen and oxygen atoms in total. The molecule has 0 rings (SSSR count). The van der Waals surface area contributed by atoms with Crippen LogP contribution in [-0.4, -0.2) is 47.4 Å². The van der Waals surface area contributed by atoms with Gasteiger partial charge in [-0.1, -0.05) is 244 Å². The van der Waals surface area contributed by atoms with Crippen molar-refractivity contribution >= 4 is 11.9 Å². The van der Waals surface area contributed by atoms with E-state index in [1.54, 1.807) is 0 Å². The Morgan fingerprint density at radius 2 is 0.783 bits per heavy atom. The van der Waals surface area contributed by atoms with Gasteiger partial charge in [0.1, 0.15) is 0 Å². The average Bonchev–Trinajstić information content (AvgIpc) is 3.25. The van der Waals surface area contributed by atoms with Crippen molar-refractivity contribution in [3.8, 4) is 0 Å². The lowest BCUT2D eigenvalue weighted by Crippen LogP contribution is -2.45. The molecule has 0 saturated heterocycles. The molecular formula is C54H105NO5. The highest BCUT2D eigenvalue weighted by atomic mass is 16.5. The van der Waals surface area contributed by atoms with E-state index >= 15 is 0 Å². The van der Waals surface area contributed by atoms with E-state index < -0.39 is 12.1 Å². The van der Waals surface area contributed by atoms with E-state index in [4.69, 9.17) is 4.74 Å². The van der Waals surface area contributed by atoms with Crippen molar-refractivity contribution in [3.63, 3.8) is 0 Å². The lowest BCUT2D eigenvalue weighted by atomic mass is 10.0. The number of aliphatic hydroxyl groups is 2. The van der Waals surface area contributed by atoms with Gasteiger partial charge in [-0.15, -0.1) is 0 Å². The van der Waals surface area contributed by atoms with Crippen LogP contribution in [0.3, 0.4) is 0 Å². The third-order valence-electron chi connectivity index (χ3n) is 12.6. The maximum Gasteiger partial charge on any atom is 0.305 e. The molecule has 0 aliphatic heterocycles. The zero-order valence-corrected chi connectivity index (χ0v) is 40.5. The van der Waals surface area contributed by atoms with Crippen LogP contribution in [0.25, 0.3) is 0 Å². The number of rotatable bonds is 50. The minimum atomic E-state index is -0.669. The largest absolute Gasteiger partial charge is 0.466 e. The number of unbranched alkanes of at least 4 members (excludes halogenated alkanes) is 37. The standard InChI is InChI=1S/C54H105NO5/c1-3-5-7-9-11-13-15-16-17-18-19-20-24-28-32-36-40-44-48-54(59)60-49-45-41-37-33-29-25-22-21-23-27-31-35-39-43-47-53(58)55-51(50-56)52(57)46-42-38-34-30-26-14-12-10-8-6-4-2/h17-18,51-52,56-57H,3-16,19-50H2,1-2H3,(H,55,58)/b18-17-. The van der Waals surface area contributed by atoms with Crippen molar-refractivity contribution in [2.75, 3.05) is 13.2 Å². The summed E-state index contributed by atoms with van der Waals surface area (Å²) in [7, 11) is 0. The molecule has 0 radical (unpaired) electrons. The second-order valence-corrected chi connectivity index (χ2v) is 18.6. The van der Waals surface area contributed by atoms with Crippen LogP contribution >= 0.6 is 0 Å². The molecule has 2 atom stereocenters. The van der Waals surface area contributed by atoms with E-state index in [2.05, 4.69) is 31.3 Å². The summed E-state index contributed by atoms with van der Waals surface area (Å²) in [6.07, 6.45) is 57.6. The zero-order chi connectivity index (χ0) is 43.7. The number of carbonyl (C=O) groups excluding carboxylic acids is 2. The fourth-order valence-electron chi connectivity index (χ4n) is 8.40. The topological polar surface area (TPSA) is 95.9 Å². The predicted octanol–water partition coefficient (Wildman–Crippen LogP) is 16.1. The smallest absolute Gasteiger partial charge is 0.305 e. The van der Waals surface area contributed by atoms with Gasteiger partial charge in [0.25, 0.3) is 0 Å². The van der Waals surface area contributed by atoms with Crippen LogP contribution in [-0.2, 0) is 14.3 Å². The minimum absolute atomic E-state index is 0.00489. The summed E-state index contributed by atoms with van der Waals surface area (Å²) in [5.41, 5.74) is 0. The van der Waals surface area contributed by atoms with Gasteiger partial charge in [0, 0.05) is 12.8 Å². The molecule has 0 fully saturated rings. The third kappa shape index (κ3) is 46.1. The molecule has 2 unspecified atom stereocenters. The quantitative estimate of drug-likeness (QED) is 0.0322. The normalized spacial score (nSPS) is 12.7. The first-order valence-electron chi connectivity index (χ1n) is 26.9. The average molecular weight is 848 g/mol. The fraction of sp³-hybridized carbons (Fsp3) is 0.926. The van der Waals surface area contributed by atoms with Crippen LogP contribution in [0.4, 0.5) is 0 Å². The van der Waals surface area contributed by atoms with Crippen LogP contribution in [0.5, 0.6) is 0 Å². The maximum atomic E-state index is 12.4. The molecule has 0 spiro atoms. The number of allylic oxidation sites excluding steroid dienone is 2. The van der Waals surface area contributed by atoms with Gasteiger partial charge in [0.2, 0.25) is 5.91 Å². The maximum absolute atomic E-state index is 12.4. The number of amides is 1. The second kappa shape index (κ2) is 50.2. The lowest BCUT2D eigenvalue weighted by molar-refractivity contribution is -0.143. The van der Waals surface area contributed by atoms with E-state index in [0.29, 0.717) is 25.9 Å². The number of aliphatic hydroxyl groups excluding tert-OH is 2. The second-order valence-electron chi connectivity index (χ2n) is 18.6. The van der Waals surface area contributed by atoms with Gasteiger partial charge in [-0.2, -0.15) is 0 Å². The first-order chi connectivity index (χ1) is 29.5. The summed E-state index contributed by atoms with van der Waals surface area (Å²) in [6.45, 7) is 4.93. The van der Waals surface area contributed by atoms with Crippen LogP contribution in [0.1, 0.15) is 296 Å². The number of esters is 1. The molecule has 0 aliphatic rings. The van der Waals surface area contributed by atoms with Crippen LogP contribution in [0, 0.1) is 0 Å². The summed E-state index contributed by atoms with van der Waals surface area (Å²) in [4.78, 5) is 24.5. The number of ether oxygens (including phenoxy) is 1. The van der Waals surface area contributed by atoms with Gasteiger partial charge in [-0.05, 0) is 51.4 Å². The summed E-state index contributed by atoms with van der Waals surface area (Å²) in [6, 6.07) is -0.547. The van der Waals surface area contributed by atoms with Crippen molar-refractivity contribution in [1.29, 1.82) is 0 Å². The number of carbonyl (C=O) groups is 2. The molecule has 60 heavy (non-hydrogen) atoms. The summed E-state index contributed by atoms with van der Waals surface area (Å²) >= 11 is 0. The van der Waals surface area contributed by atoms with Crippen molar-refractivity contribution < 1.29 is 24.5 Å². The van der Waals surface area contributed by atoms with E-state index in [1.807, 2.05) is 0 Å². The predicted molar refractivity (Wildman–Crippen MR) is 260 cm³/mol. The van der Waals surface area contributed by atoms with E-state index in [1.165, 1.54) is 212 Å². The molecule has 0 saturated carbocycles. The highest BCUT2D eigenvalue weighted by Gasteiger charge is 2.20. The molecule has 3 N–H and O–H groups in total. The van der Waals surface area contributed by atoms with Crippen LogP contribution in [0.15, 0.2) is 12.2 Å². The Bertz CT molecular complexity index is 893. The Morgan fingerprint density at radius 1 is 0.450 bits per heavy atom. The van der Waals surface area contributed by atoms with E-state index in [0.717, 1.165) is 51.4 Å². The molecule has 0 aromatic rings. The first kappa shape index (κ1) is 58.6. The molecule has 0 aliphatic carbocycles. The Kier molecular flexibility index (Phi) is 49.1. The van der Waals surface area contributed by atoms with Crippen molar-refractivity contribution in [1.82, 2.24) is 5.32 Å². The first-order valence-corrected chi connectivity index (χ1v) is 26.9. The summed E-state index contributed by atoms with van der Waals surface area (Å²) < 4.78 is 5.48. The van der Waals surface area contributed by atoms with Gasteiger partial charge >= 0.3 is 5.97 Å². The summed E-state index contributed by atoms with van der Waals surface area (Å²) in [5, 5.41) is 23.1. The molecule has 1 amide bonds. The van der Waals surface area contributed by atoms with Gasteiger partial charge in [-0.25, -0.2) is 0 Å². The molecule has 0 bridgehead atoms. The van der Waals surface area contributed by atoms with E-state index in [9.17, 15) is 19.8 Å². The Hall–Kier alpha value is -1.40. The number of hydrogen-bond acceptors (Lipinski definition) is 5. The Labute approximate surface area is 374 Å². The van der Waals surface area contributed by atoms with Crippen LogP contribution < -0.4 is 5.32 Å². The Balaban J connectivity index is 3.41. The van der Waals surface area contributed by atoms with Gasteiger partial charge in [0.15, 0.2) is 0 Å². The molecule has 0 heterocycles. The van der Waals surface area contributed by atoms with Crippen molar-refractivity contribution in [2.24, 2.45) is 0 Å². The highest BCUT2D eigenvalue weighted by molar-refractivity contribution is 5.76. The van der Waals surface area contributed by atoms with E-state index in [-0.39, 0.29) is 18.5 Å². The molecule has 0 aromatic heterocycles. The molecule has 6 heteroatoms. The van der Waals surface area contributed by atoms with Crippen molar-refractivity contribution in [2.45, 2.75) is 309 Å². The van der Waals surface area contributed by atoms with Gasteiger partial charge < -0.3 is 20.3 Å². The minimum Gasteiger partial charge on any atom is -0.466 e. The molecule has 0 aromatic carbocycles. The fourth-order valence-corrected chi connectivity index (χ4v) is 8.40. The SMILES string of the molecule is CCCCCCCCC/C=C\CCCCCCCCCC(=O)OCCCCCCCCCCCCCCCCC(=O)NC(CO)C(O)CCCCCCCCCCCCC. The van der Waals surface area contributed by atoms with Gasteiger partial charge in [-0.3, -0.25) is 9.59 Å². The summed E-state index contributed by atoms with van der Waals surface area (Å²) in [5.74, 6) is -0.0508. The lowest BCUT2D eigenvalue weighted by Gasteiger charge is -2.22. The van der Waals surface area contributed by atoms with Crippen molar-refractivity contribution in [3.05, 3.63) is 12.2 Å². The zero-order valence-electron chi connectivity index (χ0n) is 40.5. The number of hydrogen-bond donors (Lipinski definition) is 3. The van der Waals surface area contributed by atoms with Crippen LogP contribution in [0.2, 0.25) is 0 Å². The third-order valence-corrected chi connectivity index (χ3v) is 12.6. The molecule has 356 valence electrons. The molecular weight excluding hydrogens is 743 g/mol. The number of nitrogens with one attached hydrogen (secondary N) is 1.